The van der Waals surface area contributed by atoms with Crippen molar-refractivity contribution in [3.63, 3.8) is 0 Å². The number of benzene rings is 2. The van der Waals surface area contributed by atoms with E-state index in [1.54, 1.807) is 36.4 Å². The van der Waals surface area contributed by atoms with Crippen molar-refractivity contribution in [2.24, 2.45) is 5.92 Å². The molecule has 0 saturated heterocycles. The molecule has 0 aliphatic heterocycles. The molecule has 0 unspecified atom stereocenters. The molecule has 0 bridgehead atoms. The molecule has 0 aliphatic rings. The fourth-order valence-corrected chi connectivity index (χ4v) is 3.98. The highest BCUT2D eigenvalue weighted by atomic mass is 35.5. The van der Waals surface area contributed by atoms with Gasteiger partial charge in [-0.1, -0.05) is 49.7 Å². The van der Waals surface area contributed by atoms with E-state index in [4.69, 9.17) is 11.6 Å². The third-order valence-electron chi connectivity index (χ3n) is 4.45. The van der Waals surface area contributed by atoms with E-state index < -0.39 is 10.0 Å². The Labute approximate surface area is 166 Å². The molecular formula is C20H25ClN2O3S. The van der Waals surface area contributed by atoms with Gasteiger partial charge >= 0.3 is 0 Å². The maximum Gasteiger partial charge on any atom is 0.264 e. The van der Waals surface area contributed by atoms with E-state index >= 15 is 0 Å². The van der Waals surface area contributed by atoms with Gasteiger partial charge in [-0.25, -0.2) is 8.42 Å². The molecule has 1 atom stereocenters. The van der Waals surface area contributed by atoms with Crippen LogP contribution in [0.1, 0.15) is 26.3 Å². The van der Waals surface area contributed by atoms with Crippen molar-refractivity contribution in [1.82, 2.24) is 5.32 Å². The van der Waals surface area contributed by atoms with Gasteiger partial charge in [-0.3, -0.25) is 9.10 Å². The van der Waals surface area contributed by atoms with E-state index in [0.717, 1.165) is 9.87 Å². The summed E-state index contributed by atoms with van der Waals surface area (Å²) in [5, 5.41) is 3.29. The Hall–Kier alpha value is -2.05. The number of halogens is 1. The number of rotatable bonds is 7. The van der Waals surface area contributed by atoms with E-state index in [1.165, 1.54) is 12.1 Å². The molecule has 0 saturated carbocycles. The van der Waals surface area contributed by atoms with E-state index in [-0.39, 0.29) is 29.3 Å². The van der Waals surface area contributed by atoms with Crippen LogP contribution in [0.4, 0.5) is 5.69 Å². The van der Waals surface area contributed by atoms with Crippen LogP contribution in [-0.4, -0.2) is 26.9 Å². The van der Waals surface area contributed by atoms with Crippen molar-refractivity contribution in [1.29, 1.82) is 0 Å². The Bertz CT molecular complexity index is 899. The molecule has 2 aromatic carbocycles. The molecule has 7 heteroatoms. The van der Waals surface area contributed by atoms with Crippen molar-refractivity contribution in [2.45, 2.75) is 38.6 Å². The van der Waals surface area contributed by atoms with Crippen LogP contribution in [0.2, 0.25) is 5.02 Å². The quantitative estimate of drug-likeness (QED) is 0.752. The number of nitrogens with one attached hydrogen (secondary N) is 1. The minimum atomic E-state index is -3.92. The zero-order valence-corrected chi connectivity index (χ0v) is 17.5. The number of carbonyl (C=O) groups is 1. The van der Waals surface area contributed by atoms with E-state index in [0.29, 0.717) is 10.7 Å². The topological polar surface area (TPSA) is 66.5 Å². The lowest BCUT2D eigenvalue weighted by molar-refractivity contribution is -0.120. The van der Waals surface area contributed by atoms with Crippen LogP contribution >= 0.6 is 11.6 Å². The highest BCUT2D eigenvalue weighted by molar-refractivity contribution is 7.92. The second-order valence-electron chi connectivity index (χ2n) is 6.86. The number of aryl methyl sites for hydroxylation is 1. The predicted octanol–water partition coefficient (Wildman–Crippen LogP) is 4.00. The van der Waals surface area contributed by atoms with Gasteiger partial charge in [0.25, 0.3) is 10.0 Å². The van der Waals surface area contributed by atoms with Gasteiger partial charge in [0, 0.05) is 11.1 Å². The third kappa shape index (κ3) is 5.23. The lowest BCUT2D eigenvalue weighted by atomic mass is 10.1. The van der Waals surface area contributed by atoms with Crippen molar-refractivity contribution >= 4 is 33.2 Å². The summed E-state index contributed by atoms with van der Waals surface area (Å²) in [5.74, 6) is -0.130. The fraction of sp³-hybridized carbons (Fsp3) is 0.350. The minimum absolute atomic E-state index is 0.0691. The van der Waals surface area contributed by atoms with Crippen LogP contribution in [0.15, 0.2) is 53.4 Å². The number of anilines is 1. The van der Waals surface area contributed by atoms with Crippen LogP contribution in [0, 0.1) is 12.8 Å². The average molecular weight is 409 g/mol. The molecule has 0 aliphatic carbocycles. The summed E-state index contributed by atoms with van der Waals surface area (Å²) in [4.78, 5) is 12.6. The highest BCUT2D eigenvalue weighted by Crippen LogP contribution is 2.27. The zero-order chi connectivity index (χ0) is 20.2. The van der Waals surface area contributed by atoms with Crippen molar-refractivity contribution in [2.75, 3.05) is 10.8 Å². The lowest BCUT2D eigenvalue weighted by Gasteiger charge is -2.26. The lowest BCUT2D eigenvalue weighted by Crippen LogP contribution is -2.45. The van der Waals surface area contributed by atoms with Gasteiger partial charge in [-0.05, 0) is 49.6 Å². The number of nitrogens with zero attached hydrogens (tertiary/aromatic N) is 1. The summed E-state index contributed by atoms with van der Waals surface area (Å²) in [5.41, 5.74) is 1.18. The molecule has 1 amide bonds. The molecule has 5 nitrogen and oxygen atoms in total. The molecule has 0 aromatic heterocycles. The zero-order valence-electron chi connectivity index (χ0n) is 15.9. The van der Waals surface area contributed by atoms with E-state index in [9.17, 15) is 13.2 Å². The molecule has 0 radical (unpaired) electrons. The SMILES string of the molecule is Cc1ccc(N(CC(=O)N[C@H](C)C(C)C)S(=O)(=O)c2ccccc2)cc1Cl. The van der Waals surface area contributed by atoms with Gasteiger partial charge in [0.1, 0.15) is 6.54 Å². The van der Waals surface area contributed by atoms with E-state index in [1.807, 2.05) is 27.7 Å². The van der Waals surface area contributed by atoms with Crippen LogP contribution in [0.5, 0.6) is 0 Å². The second kappa shape index (κ2) is 8.76. The molecule has 2 aromatic rings. The van der Waals surface area contributed by atoms with Gasteiger partial charge in [-0.2, -0.15) is 0 Å². The molecule has 27 heavy (non-hydrogen) atoms. The summed E-state index contributed by atoms with van der Waals surface area (Å²) in [6, 6.07) is 12.9. The first-order chi connectivity index (χ1) is 12.6. The average Bonchev–Trinajstić information content (AvgIpc) is 2.62. The van der Waals surface area contributed by atoms with Crippen molar-refractivity contribution < 1.29 is 13.2 Å². The van der Waals surface area contributed by atoms with Gasteiger partial charge in [0.05, 0.1) is 10.6 Å². The minimum Gasteiger partial charge on any atom is -0.352 e. The van der Waals surface area contributed by atoms with Crippen LogP contribution in [-0.2, 0) is 14.8 Å². The monoisotopic (exact) mass is 408 g/mol. The van der Waals surface area contributed by atoms with Crippen molar-refractivity contribution in [3.8, 4) is 0 Å². The molecule has 0 spiro atoms. The Kier molecular flexibility index (Phi) is 6.89. The number of carbonyl (C=O) groups excluding carboxylic acids is 1. The Morgan fingerprint density at radius 3 is 2.30 bits per heavy atom. The molecular weight excluding hydrogens is 384 g/mol. The van der Waals surface area contributed by atoms with Gasteiger partial charge in [-0.15, -0.1) is 0 Å². The Balaban J connectivity index is 2.43. The maximum absolute atomic E-state index is 13.2. The summed E-state index contributed by atoms with van der Waals surface area (Å²) in [7, 11) is -3.92. The first kappa shape index (κ1) is 21.3. The Morgan fingerprint density at radius 2 is 1.74 bits per heavy atom. The second-order valence-corrected chi connectivity index (χ2v) is 9.13. The first-order valence-corrected chi connectivity index (χ1v) is 10.6. The summed E-state index contributed by atoms with van der Waals surface area (Å²) >= 11 is 6.19. The van der Waals surface area contributed by atoms with Crippen molar-refractivity contribution in [3.05, 3.63) is 59.1 Å². The normalized spacial score (nSPS) is 12.7. The molecule has 2 rings (SSSR count). The first-order valence-electron chi connectivity index (χ1n) is 8.76. The van der Waals surface area contributed by atoms with Crippen LogP contribution in [0.25, 0.3) is 0 Å². The molecule has 146 valence electrons. The third-order valence-corrected chi connectivity index (χ3v) is 6.65. The Morgan fingerprint density at radius 1 is 1.11 bits per heavy atom. The number of hydrogen-bond acceptors (Lipinski definition) is 3. The highest BCUT2D eigenvalue weighted by Gasteiger charge is 2.28. The maximum atomic E-state index is 13.2. The fourth-order valence-electron chi connectivity index (χ4n) is 2.37. The largest absolute Gasteiger partial charge is 0.352 e. The number of amides is 1. The molecule has 0 fully saturated rings. The smallest absolute Gasteiger partial charge is 0.264 e. The van der Waals surface area contributed by atoms with Crippen LogP contribution < -0.4 is 9.62 Å². The summed E-state index contributed by atoms with van der Waals surface area (Å²) in [6.07, 6.45) is 0. The molecule has 1 N–H and O–H groups in total. The summed E-state index contributed by atoms with van der Waals surface area (Å²) < 4.78 is 27.5. The van der Waals surface area contributed by atoms with Crippen LogP contribution in [0.3, 0.4) is 0 Å². The van der Waals surface area contributed by atoms with Gasteiger partial charge in [0.15, 0.2) is 0 Å². The number of sulfonamides is 1. The standard InChI is InChI=1S/C20H25ClN2O3S/c1-14(2)16(4)22-20(24)13-23(17-11-10-15(3)19(21)12-17)27(25,26)18-8-6-5-7-9-18/h5-12,14,16H,13H2,1-4H3,(H,22,24)/t16-/m1/s1. The summed E-state index contributed by atoms with van der Waals surface area (Å²) in [6.45, 7) is 7.38. The molecule has 0 heterocycles. The number of hydrogen-bond donors (Lipinski definition) is 1. The van der Waals surface area contributed by atoms with Gasteiger partial charge < -0.3 is 5.32 Å². The predicted molar refractivity (Wildman–Crippen MR) is 110 cm³/mol. The van der Waals surface area contributed by atoms with E-state index in [2.05, 4.69) is 5.32 Å². The van der Waals surface area contributed by atoms with Gasteiger partial charge in [0.2, 0.25) is 5.91 Å².